The van der Waals surface area contributed by atoms with Crippen LogP contribution in [0.4, 0.5) is 4.39 Å². The number of halogens is 1. The van der Waals surface area contributed by atoms with Gasteiger partial charge < -0.3 is 4.90 Å². The lowest BCUT2D eigenvalue weighted by atomic mass is 9.96. The third kappa shape index (κ3) is 4.96. The van der Waals surface area contributed by atoms with Gasteiger partial charge in [0.15, 0.2) is 0 Å². The van der Waals surface area contributed by atoms with Crippen LogP contribution in [0.1, 0.15) is 30.4 Å². The first-order valence-corrected chi connectivity index (χ1v) is 14.0. The molecule has 1 amide bonds. The van der Waals surface area contributed by atoms with E-state index in [1.165, 1.54) is 16.4 Å². The highest BCUT2D eigenvalue weighted by molar-refractivity contribution is 7.98. The third-order valence-electron chi connectivity index (χ3n) is 6.60. The van der Waals surface area contributed by atoms with Crippen LogP contribution in [0.25, 0.3) is 0 Å². The molecule has 0 aromatic heterocycles. The number of nitrogens with one attached hydrogen (secondary N) is 1. The van der Waals surface area contributed by atoms with Gasteiger partial charge in [0.05, 0.1) is 16.6 Å². The number of hydrogen-bond acceptors (Lipinski definition) is 5. The molecule has 1 unspecified atom stereocenters. The van der Waals surface area contributed by atoms with Crippen molar-refractivity contribution in [3.63, 3.8) is 0 Å². The van der Waals surface area contributed by atoms with E-state index < -0.39 is 15.7 Å². The molecule has 2 fully saturated rings. The molecule has 1 N–H and O–H groups in total. The second kappa shape index (κ2) is 9.74. The first-order valence-electron chi connectivity index (χ1n) is 11.1. The van der Waals surface area contributed by atoms with Gasteiger partial charge in [0.25, 0.3) is 0 Å². The fraction of sp³-hybridized carbons (Fsp3) is 0.458. The zero-order chi connectivity index (χ0) is 23.6. The molecule has 2 aromatic carbocycles. The number of amides is 1. The lowest BCUT2D eigenvalue weighted by Crippen LogP contribution is -2.59. The first kappa shape index (κ1) is 24.2. The van der Waals surface area contributed by atoms with E-state index in [9.17, 15) is 17.6 Å². The van der Waals surface area contributed by atoms with Crippen LogP contribution >= 0.6 is 11.8 Å². The minimum Gasteiger partial charge on any atom is -0.319 e. The van der Waals surface area contributed by atoms with Crippen molar-refractivity contribution in [2.75, 3.05) is 25.1 Å². The second-order valence-corrected chi connectivity index (χ2v) is 11.7. The normalized spacial score (nSPS) is 21.1. The van der Waals surface area contributed by atoms with Crippen molar-refractivity contribution in [3.05, 3.63) is 65.5 Å². The topological polar surface area (TPSA) is 69.7 Å². The maximum absolute atomic E-state index is 13.4. The number of piperidine rings is 1. The summed E-state index contributed by atoms with van der Waals surface area (Å²) in [6.07, 6.45) is 3.73. The SMILES string of the molecule is CSCCC1NC2(CCN(S(=O)(=O)c3ccc(C)cc3)CC2)N(Cc2ccc(F)cc2)C1=O. The fourth-order valence-corrected chi connectivity index (χ4v) is 6.58. The Morgan fingerprint density at radius 1 is 1.09 bits per heavy atom. The highest BCUT2D eigenvalue weighted by Crippen LogP contribution is 2.36. The predicted octanol–water partition coefficient (Wildman–Crippen LogP) is 3.37. The van der Waals surface area contributed by atoms with Crippen LogP contribution in [-0.4, -0.2) is 60.3 Å². The van der Waals surface area contributed by atoms with E-state index in [0.717, 1.165) is 16.9 Å². The quantitative estimate of drug-likeness (QED) is 0.643. The number of thioether (sulfide) groups is 1. The van der Waals surface area contributed by atoms with Crippen molar-refractivity contribution < 1.29 is 17.6 Å². The zero-order valence-corrected chi connectivity index (χ0v) is 20.6. The number of hydrogen-bond donors (Lipinski definition) is 1. The predicted molar refractivity (Wildman–Crippen MR) is 129 cm³/mol. The summed E-state index contributed by atoms with van der Waals surface area (Å²) < 4.78 is 41.2. The smallest absolute Gasteiger partial charge is 0.243 e. The van der Waals surface area contributed by atoms with Crippen molar-refractivity contribution in [1.82, 2.24) is 14.5 Å². The molecule has 0 saturated carbocycles. The number of rotatable bonds is 7. The number of carbonyl (C=O) groups is 1. The second-order valence-electron chi connectivity index (χ2n) is 8.78. The molecule has 2 aliphatic heterocycles. The Morgan fingerprint density at radius 3 is 2.33 bits per heavy atom. The van der Waals surface area contributed by atoms with E-state index in [4.69, 9.17) is 0 Å². The van der Waals surface area contributed by atoms with Gasteiger partial charge in [-0.3, -0.25) is 10.1 Å². The van der Waals surface area contributed by atoms with Crippen LogP contribution in [0.5, 0.6) is 0 Å². The molecule has 9 heteroatoms. The Labute approximate surface area is 199 Å². The highest BCUT2D eigenvalue weighted by Gasteiger charge is 2.52. The van der Waals surface area contributed by atoms with Crippen molar-refractivity contribution >= 4 is 27.7 Å². The number of carbonyl (C=O) groups excluding carboxylic acids is 1. The van der Waals surface area contributed by atoms with Crippen molar-refractivity contribution in [1.29, 1.82) is 0 Å². The van der Waals surface area contributed by atoms with Gasteiger partial charge in [0.2, 0.25) is 15.9 Å². The third-order valence-corrected chi connectivity index (χ3v) is 9.15. The molecule has 4 rings (SSSR count). The Kier molecular flexibility index (Phi) is 7.14. The van der Waals surface area contributed by atoms with Gasteiger partial charge in [-0.15, -0.1) is 0 Å². The van der Waals surface area contributed by atoms with Crippen molar-refractivity contribution in [3.8, 4) is 0 Å². The Bertz CT molecular complexity index is 1080. The molecule has 1 spiro atoms. The summed E-state index contributed by atoms with van der Waals surface area (Å²) >= 11 is 1.69. The standard InChI is InChI=1S/C24H30FN3O3S2/c1-18-3-9-21(10-4-18)33(30,31)27-14-12-24(13-15-27)26-22(11-16-32-2)23(29)28(24)17-19-5-7-20(25)8-6-19/h3-10,22,26H,11-17H2,1-2H3. The van der Waals surface area contributed by atoms with Gasteiger partial charge >= 0.3 is 0 Å². The van der Waals surface area contributed by atoms with Crippen LogP contribution < -0.4 is 5.32 Å². The Balaban J connectivity index is 1.54. The molecule has 178 valence electrons. The summed E-state index contributed by atoms with van der Waals surface area (Å²) in [5, 5.41) is 3.56. The molecule has 2 heterocycles. The highest BCUT2D eigenvalue weighted by atomic mass is 32.2. The number of sulfonamides is 1. The van der Waals surface area contributed by atoms with Crippen molar-refractivity contribution in [2.24, 2.45) is 0 Å². The van der Waals surface area contributed by atoms with E-state index >= 15 is 0 Å². The average molecular weight is 492 g/mol. The van der Waals surface area contributed by atoms with E-state index in [2.05, 4.69) is 5.32 Å². The van der Waals surface area contributed by atoms with E-state index in [1.54, 1.807) is 48.2 Å². The number of benzene rings is 2. The summed E-state index contributed by atoms with van der Waals surface area (Å²) in [4.78, 5) is 15.5. The summed E-state index contributed by atoms with van der Waals surface area (Å²) in [6.45, 7) is 2.94. The molecule has 6 nitrogen and oxygen atoms in total. The average Bonchev–Trinajstić information content (AvgIpc) is 3.05. The molecule has 0 aliphatic carbocycles. The van der Waals surface area contributed by atoms with E-state index in [-0.39, 0.29) is 17.8 Å². The first-order chi connectivity index (χ1) is 15.7. The summed E-state index contributed by atoms with van der Waals surface area (Å²) in [5.74, 6) is 0.577. The molecule has 1 atom stereocenters. The molecular formula is C24H30FN3O3S2. The van der Waals surface area contributed by atoms with Crippen LogP contribution in [0, 0.1) is 12.7 Å². The lowest BCUT2D eigenvalue weighted by molar-refractivity contribution is -0.134. The van der Waals surface area contributed by atoms with Gasteiger partial charge in [0, 0.05) is 19.6 Å². The summed E-state index contributed by atoms with van der Waals surface area (Å²) in [5.41, 5.74) is 1.26. The monoisotopic (exact) mass is 491 g/mol. The molecule has 2 saturated heterocycles. The van der Waals surface area contributed by atoms with Gasteiger partial charge in [-0.05, 0) is 68.0 Å². The summed E-state index contributed by atoms with van der Waals surface area (Å²) in [7, 11) is -3.59. The number of nitrogens with zero attached hydrogens (tertiary/aromatic N) is 2. The van der Waals surface area contributed by atoms with Crippen LogP contribution in [0.15, 0.2) is 53.4 Å². The van der Waals surface area contributed by atoms with E-state index in [1.807, 2.05) is 18.1 Å². The minimum atomic E-state index is -3.59. The van der Waals surface area contributed by atoms with Gasteiger partial charge in [-0.25, -0.2) is 12.8 Å². The molecule has 0 radical (unpaired) electrons. The molecule has 0 bridgehead atoms. The van der Waals surface area contributed by atoms with Gasteiger partial charge in [-0.2, -0.15) is 16.1 Å². The van der Waals surface area contributed by atoms with Crippen LogP contribution in [0.3, 0.4) is 0 Å². The van der Waals surface area contributed by atoms with Crippen LogP contribution in [-0.2, 0) is 21.4 Å². The number of aryl methyl sites for hydroxylation is 1. The minimum absolute atomic E-state index is 0.0308. The van der Waals surface area contributed by atoms with Crippen LogP contribution in [0.2, 0.25) is 0 Å². The Hall–Kier alpha value is -1.94. The summed E-state index contributed by atoms with van der Waals surface area (Å²) in [6, 6.07) is 12.8. The lowest BCUT2D eigenvalue weighted by Gasteiger charge is -2.44. The molecular weight excluding hydrogens is 461 g/mol. The maximum Gasteiger partial charge on any atom is 0.243 e. The van der Waals surface area contributed by atoms with Gasteiger partial charge in [-0.1, -0.05) is 29.8 Å². The Morgan fingerprint density at radius 2 is 1.73 bits per heavy atom. The largest absolute Gasteiger partial charge is 0.319 e. The fourth-order valence-electron chi connectivity index (χ4n) is 4.67. The zero-order valence-electron chi connectivity index (χ0n) is 19.0. The van der Waals surface area contributed by atoms with Gasteiger partial charge in [0.1, 0.15) is 5.82 Å². The molecule has 2 aliphatic rings. The van der Waals surface area contributed by atoms with E-state index in [0.29, 0.717) is 43.8 Å². The molecule has 33 heavy (non-hydrogen) atoms. The van der Waals surface area contributed by atoms with Crippen molar-refractivity contribution in [2.45, 2.75) is 49.3 Å². The maximum atomic E-state index is 13.4. The molecule has 2 aromatic rings.